The predicted molar refractivity (Wildman–Crippen MR) is 66.8 cm³/mol. The highest BCUT2D eigenvalue weighted by Crippen LogP contribution is 2.05. The minimum atomic E-state index is -3.68. The Morgan fingerprint density at radius 2 is 2.21 bits per heavy atom. The van der Waals surface area contributed by atoms with Gasteiger partial charge in [0.05, 0.1) is 11.4 Å². The average Bonchev–Trinajstić information content (AvgIpc) is 2.84. The minimum absolute atomic E-state index is 0.00494. The second-order valence-electron chi connectivity index (χ2n) is 3.75. The van der Waals surface area contributed by atoms with E-state index >= 15 is 0 Å². The zero-order valence-corrected chi connectivity index (χ0v) is 11.0. The Balaban J connectivity index is 2.14. The van der Waals surface area contributed by atoms with E-state index in [0.717, 1.165) is 12.3 Å². The molecule has 0 amide bonds. The smallest absolute Gasteiger partial charge is 0.247 e. The van der Waals surface area contributed by atoms with Crippen molar-refractivity contribution in [2.24, 2.45) is 0 Å². The van der Waals surface area contributed by atoms with Crippen LogP contribution in [0.1, 0.15) is 12.7 Å². The third kappa shape index (κ3) is 3.06. The molecule has 0 fully saturated rings. The molecular weight excluding hydrogens is 270 g/mol. The Labute approximate surface area is 109 Å². The van der Waals surface area contributed by atoms with Gasteiger partial charge >= 0.3 is 0 Å². The van der Waals surface area contributed by atoms with E-state index in [4.69, 9.17) is 0 Å². The lowest BCUT2D eigenvalue weighted by Crippen LogP contribution is -2.25. The SMILES string of the molecule is CCn1cnnc1CNS(=O)(=O)c1ccc(=O)[nH]c1. The van der Waals surface area contributed by atoms with Gasteiger partial charge in [0.2, 0.25) is 15.6 Å². The van der Waals surface area contributed by atoms with Crippen LogP contribution in [0.2, 0.25) is 0 Å². The first-order valence-electron chi connectivity index (χ1n) is 5.58. The molecule has 0 aliphatic carbocycles. The highest BCUT2D eigenvalue weighted by molar-refractivity contribution is 7.89. The largest absolute Gasteiger partial charge is 0.328 e. The molecule has 2 heterocycles. The van der Waals surface area contributed by atoms with Crippen molar-refractivity contribution < 1.29 is 8.42 Å². The second-order valence-corrected chi connectivity index (χ2v) is 5.51. The lowest BCUT2D eigenvalue weighted by molar-refractivity contribution is 0.574. The summed E-state index contributed by atoms with van der Waals surface area (Å²) >= 11 is 0. The van der Waals surface area contributed by atoms with Crippen molar-refractivity contribution in [3.63, 3.8) is 0 Å². The number of nitrogens with one attached hydrogen (secondary N) is 2. The first kappa shape index (κ1) is 13.4. The van der Waals surface area contributed by atoms with Crippen LogP contribution >= 0.6 is 0 Å². The fraction of sp³-hybridized carbons (Fsp3) is 0.300. The van der Waals surface area contributed by atoms with Crippen LogP contribution in [0.3, 0.4) is 0 Å². The number of sulfonamides is 1. The van der Waals surface area contributed by atoms with Gasteiger partial charge in [0.25, 0.3) is 0 Å². The zero-order chi connectivity index (χ0) is 13.9. The molecule has 9 heteroatoms. The number of aryl methyl sites for hydroxylation is 1. The molecule has 2 N–H and O–H groups in total. The molecule has 8 nitrogen and oxygen atoms in total. The van der Waals surface area contributed by atoms with Gasteiger partial charge in [0, 0.05) is 18.8 Å². The van der Waals surface area contributed by atoms with Gasteiger partial charge in [-0.15, -0.1) is 10.2 Å². The predicted octanol–water partition coefficient (Wildman–Crippen LogP) is -0.535. The van der Waals surface area contributed by atoms with Gasteiger partial charge in [-0.05, 0) is 13.0 Å². The molecule has 0 bridgehead atoms. The first-order valence-corrected chi connectivity index (χ1v) is 7.06. The van der Waals surface area contributed by atoms with Crippen LogP contribution in [0, 0.1) is 0 Å². The molecule has 0 atom stereocenters. The molecule has 19 heavy (non-hydrogen) atoms. The van der Waals surface area contributed by atoms with Crippen LogP contribution < -0.4 is 10.3 Å². The summed E-state index contributed by atoms with van der Waals surface area (Å²) in [7, 11) is -3.68. The highest BCUT2D eigenvalue weighted by Gasteiger charge is 2.15. The number of aromatic nitrogens is 4. The van der Waals surface area contributed by atoms with Gasteiger partial charge in [-0.1, -0.05) is 0 Å². The Morgan fingerprint density at radius 3 is 2.84 bits per heavy atom. The summed E-state index contributed by atoms with van der Waals surface area (Å²) in [5.74, 6) is 0.524. The first-order chi connectivity index (χ1) is 9.03. The van der Waals surface area contributed by atoms with Crippen LogP contribution in [-0.2, 0) is 23.1 Å². The zero-order valence-electron chi connectivity index (χ0n) is 10.2. The van der Waals surface area contributed by atoms with E-state index in [-0.39, 0.29) is 17.0 Å². The lowest BCUT2D eigenvalue weighted by atomic mass is 10.5. The standard InChI is InChI=1S/C10H13N5O3S/c1-2-15-7-12-14-9(15)6-13-19(17,18)8-3-4-10(16)11-5-8/h3-5,7,13H,2,6H2,1H3,(H,11,16). The normalized spacial score (nSPS) is 11.6. The van der Waals surface area contributed by atoms with E-state index in [1.165, 1.54) is 12.4 Å². The summed E-state index contributed by atoms with van der Waals surface area (Å²) in [6.45, 7) is 2.60. The number of nitrogens with zero attached hydrogens (tertiary/aromatic N) is 3. The van der Waals surface area contributed by atoms with Gasteiger partial charge in [-0.25, -0.2) is 13.1 Å². The number of aromatic amines is 1. The Morgan fingerprint density at radius 1 is 1.42 bits per heavy atom. The van der Waals surface area contributed by atoms with Crippen molar-refractivity contribution in [3.05, 3.63) is 40.8 Å². The van der Waals surface area contributed by atoms with E-state index in [9.17, 15) is 13.2 Å². The van der Waals surface area contributed by atoms with Crippen molar-refractivity contribution in [2.75, 3.05) is 0 Å². The Kier molecular flexibility index (Phi) is 3.76. The fourth-order valence-corrected chi connectivity index (χ4v) is 2.43. The van der Waals surface area contributed by atoms with E-state index in [1.807, 2.05) is 6.92 Å². The summed E-state index contributed by atoms with van der Waals surface area (Å²) in [5, 5.41) is 7.53. The third-order valence-electron chi connectivity index (χ3n) is 2.52. The number of H-pyrrole nitrogens is 1. The Hall–Kier alpha value is -2.00. The van der Waals surface area contributed by atoms with Gasteiger partial charge in [-0.3, -0.25) is 4.79 Å². The molecule has 0 spiro atoms. The van der Waals surface area contributed by atoms with Crippen LogP contribution in [0.15, 0.2) is 34.3 Å². The fourth-order valence-electron chi connectivity index (χ4n) is 1.49. The van der Waals surface area contributed by atoms with Crippen LogP contribution in [0.25, 0.3) is 0 Å². The molecule has 0 radical (unpaired) electrons. The van der Waals surface area contributed by atoms with Crippen LogP contribution in [-0.4, -0.2) is 28.2 Å². The van der Waals surface area contributed by atoms with E-state index < -0.39 is 10.0 Å². The maximum absolute atomic E-state index is 11.9. The molecule has 0 saturated carbocycles. The van der Waals surface area contributed by atoms with Crippen molar-refractivity contribution in [1.29, 1.82) is 0 Å². The number of hydrogen-bond donors (Lipinski definition) is 2. The third-order valence-corrected chi connectivity index (χ3v) is 3.92. The molecule has 102 valence electrons. The molecule has 2 aromatic rings. The average molecular weight is 283 g/mol. The molecule has 2 rings (SSSR count). The van der Waals surface area contributed by atoms with E-state index in [1.54, 1.807) is 4.57 Å². The monoisotopic (exact) mass is 283 g/mol. The lowest BCUT2D eigenvalue weighted by Gasteiger charge is -2.06. The quantitative estimate of drug-likeness (QED) is 0.766. The Bertz CT molecular complexity index is 698. The highest BCUT2D eigenvalue weighted by atomic mass is 32.2. The molecular formula is C10H13N5O3S. The van der Waals surface area contributed by atoms with Crippen LogP contribution in [0.4, 0.5) is 0 Å². The van der Waals surface area contributed by atoms with E-state index in [2.05, 4.69) is 19.9 Å². The van der Waals surface area contributed by atoms with Gasteiger partial charge in [0.1, 0.15) is 12.2 Å². The molecule has 0 aliphatic rings. The van der Waals surface area contributed by atoms with Crippen LogP contribution in [0.5, 0.6) is 0 Å². The summed E-state index contributed by atoms with van der Waals surface area (Å²) in [6.07, 6.45) is 2.68. The van der Waals surface area contributed by atoms with Crippen molar-refractivity contribution in [3.8, 4) is 0 Å². The summed E-state index contributed by atoms with van der Waals surface area (Å²) < 4.78 is 28.0. The summed E-state index contributed by atoms with van der Waals surface area (Å²) in [5.41, 5.74) is -0.357. The maximum atomic E-state index is 11.9. The van der Waals surface area contributed by atoms with Gasteiger partial charge < -0.3 is 9.55 Å². The molecule has 0 saturated heterocycles. The molecule has 0 aromatic carbocycles. The second kappa shape index (κ2) is 5.33. The topological polar surface area (TPSA) is 110 Å². The van der Waals surface area contributed by atoms with Gasteiger partial charge in [-0.2, -0.15) is 0 Å². The minimum Gasteiger partial charge on any atom is -0.328 e. The van der Waals surface area contributed by atoms with Crippen molar-refractivity contribution in [1.82, 2.24) is 24.5 Å². The molecule has 2 aromatic heterocycles. The summed E-state index contributed by atoms with van der Waals surface area (Å²) in [6, 6.07) is 2.40. The van der Waals surface area contributed by atoms with Gasteiger partial charge in [0.15, 0.2) is 0 Å². The number of rotatable bonds is 5. The number of hydrogen-bond acceptors (Lipinski definition) is 5. The molecule has 0 aliphatic heterocycles. The van der Waals surface area contributed by atoms with Crippen molar-refractivity contribution >= 4 is 10.0 Å². The molecule has 0 unspecified atom stereocenters. The summed E-state index contributed by atoms with van der Waals surface area (Å²) in [4.78, 5) is 13.2. The maximum Gasteiger partial charge on any atom is 0.247 e. The number of pyridine rings is 1. The van der Waals surface area contributed by atoms with Crippen molar-refractivity contribution in [2.45, 2.75) is 24.9 Å². The van der Waals surface area contributed by atoms with E-state index in [0.29, 0.717) is 12.4 Å².